The van der Waals surface area contributed by atoms with Crippen LogP contribution in [0.15, 0.2) is 6.07 Å². The second-order valence-corrected chi connectivity index (χ2v) is 6.09. The molecule has 0 atom stereocenters. The number of nitrogens with zero attached hydrogens (tertiary/aromatic N) is 2. The van der Waals surface area contributed by atoms with E-state index >= 15 is 0 Å². The smallest absolute Gasteiger partial charge is 0.306 e. The molecule has 1 aliphatic carbocycles. The quantitative estimate of drug-likeness (QED) is 0.888. The molecule has 116 valence electrons. The van der Waals surface area contributed by atoms with Gasteiger partial charge >= 0.3 is 5.97 Å². The van der Waals surface area contributed by atoms with Crippen molar-refractivity contribution in [3.63, 3.8) is 0 Å². The highest BCUT2D eigenvalue weighted by molar-refractivity contribution is 5.92. The number of hydrogen-bond donors (Lipinski definition) is 2. The first-order chi connectivity index (χ1) is 9.88. The number of aryl methyl sites for hydroxylation is 1. The van der Waals surface area contributed by atoms with Crippen molar-refractivity contribution in [2.45, 2.75) is 51.5 Å². The van der Waals surface area contributed by atoms with E-state index in [4.69, 9.17) is 5.11 Å². The van der Waals surface area contributed by atoms with Crippen LogP contribution in [0.25, 0.3) is 0 Å². The van der Waals surface area contributed by atoms with Crippen LogP contribution in [0.2, 0.25) is 0 Å². The van der Waals surface area contributed by atoms with Crippen LogP contribution < -0.4 is 5.32 Å². The summed E-state index contributed by atoms with van der Waals surface area (Å²) < 4.78 is 1.74. The Hall–Kier alpha value is -1.85. The summed E-state index contributed by atoms with van der Waals surface area (Å²) in [6.45, 7) is 4.12. The average Bonchev–Trinajstić information content (AvgIpc) is 2.81. The zero-order valence-corrected chi connectivity index (χ0v) is 12.8. The van der Waals surface area contributed by atoms with Gasteiger partial charge in [0.2, 0.25) is 0 Å². The van der Waals surface area contributed by atoms with Gasteiger partial charge in [0.15, 0.2) is 0 Å². The van der Waals surface area contributed by atoms with Crippen molar-refractivity contribution in [3.05, 3.63) is 17.5 Å². The predicted molar refractivity (Wildman–Crippen MR) is 78.1 cm³/mol. The van der Waals surface area contributed by atoms with E-state index in [-0.39, 0.29) is 17.9 Å². The van der Waals surface area contributed by atoms with Gasteiger partial charge in [0, 0.05) is 18.8 Å². The fourth-order valence-electron chi connectivity index (χ4n) is 2.88. The maximum atomic E-state index is 12.2. The average molecular weight is 293 g/mol. The van der Waals surface area contributed by atoms with Crippen molar-refractivity contribution in [2.75, 3.05) is 0 Å². The third-order valence-corrected chi connectivity index (χ3v) is 4.15. The van der Waals surface area contributed by atoms with E-state index in [1.165, 1.54) is 0 Å². The monoisotopic (exact) mass is 293 g/mol. The molecule has 0 saturated heterocycles. The Kier molecular flexibility index (Phi) is 4.65. The first-order valence-corrected chi connectivity index (χ1v) is 7.46. The van der Waals surface area contributed by atoms with Crippen LogP contribution in [0.1, 0.15) is 61.6 Å². The van der Waals surface area contributed by atoms with Crippen molar-refractivity contribution in [2.24, 2.45) is 13.0 Å². The first kappa shape index (κ1) is 15.5. The Morgan fingerprint density at radius 1 is 1.33 bits per heavy atom. The highest BCUT2D eigenvalue weighted by atomic mass is 16.4. The van der Waals surface area contributed by atoms with Crippen LogP contribution in [0.5, 0.6) is 0 Å². The van der Waals surface area contributed by atoms with E-state index in [2.05, 4.69) is 24.3 Å². The minimum Gasteiger partial charge on any atom is -0.481 e. The van der Waals surface area contributed by atoms with E-state index in [0.29, 0.717) is 37.3 Å². The number of aromatic nitrogens is 2. The second kappa shape index (κ2) is 6.28. The summed E-state index contributed by atoms with van der Waals surface area (Å²) in [7, 11) is 1.84. The van der Waals surface area contributed by atoms with Crippen LogP contribution >= 0.6 is 0 Å². The van der Waals surface area contributed by atoms with Crippen LogP contribution in [0.4, 0.5) is 0 Å². The molecule has 1 aromatic rings. The fourth-order valence-corrected chi connectivity index (χ4v) is 2.88. The van der Waals surface area contributed by atoms with Crippen molar-refractivity contribution < 1.29 is 14.7 Å². The van der Waals surface area contributed by atoms with E-state index in [1.54, 1.807) is 4.68 Å². The molecule has 0 aliphatic heterocycles. The number of rotatable bonds is 4. The molecular weight excluding hydrogens is 270 g/mol. The third-order valence-electron chi connectivity index (χ3n) is 4.15. The number of hydrogen-bond acceptors (Lipinski definition) is 3. The zero-order valence-electron chi connectivity index (χ0n) is 12.8. The summed E-state index contributed by atoms with van der Waals surface area (Å²) in [5, 5.41) is 16.2. The van der Waals surface area contributed by atoms with Crippen molar-refractivity contribution >= 4 is 11.9 Å². The van der Waals surface area contributed by atoms with Crippen molar-refractivity contribution in [3.8, 4) is 0 Å². The number of carboxylic acid groups (broad SMARTS) is 1. The van der Waals surface area contributed by atoms with Gasteiger partial charge in [0.25, 0.3) is 5.91 Å². The molecule has 21 heavy (non-hydrogen) atoms. The summed E-state index contributed by atoms with van der Waals surface area (Å²) >= 11 is 0. The topological polar surface area (TPSA) is 84.2 Å². The van der Waals surface area contributed by atoms with Gasteiger partial charge in [-0.15, -0.1) is 0 Å². The van der Waals surface area contributed by atoms with Gasteiger partial charge in [-0.25, -0.2) is 0 Å². The lowest BCUT2D eigenvalue weighted by Gasteiger charge is -2.26. The highest BCUT2D eigenvalue weighted by Crippen LogP contribution is 2.24. The molecule has 1 saturated carbocycles. The Bertz CT molecular complexity index is 528. The van der Waals surface area contributed by atoms with E-state index < -0.39 is 5.97 Å². The Morgan fingerprint density at radius 3 is 2.43 bits per heavy atom. The number of carbonyl (C=O) groups excluding carboxylic acids is 1. The van der Waals surface area contributed by atoms with Gasteiger partial charge in [0.1, 0.15) is 5.69 Å². The Morgan fingerprint density at radius 2 is 1.95 bits per heavy atom. The van der Waals surface area contributed by atoms with Gasteiger partial charge in [-0.1, -0.05) is 13.8 Å². The molecule has 2 N–H and O–H groups in total. The van der Waals surface area contributed by atoms with E-state index in [0.717, 1.165) is 5.69 Å². The summed E-state index contributed by atoms with van der Waals surface area (Å²) in [5.74, 6) is -0.849. The van der Waals surface area contributed by atoms with Crippen LogP contribution in [-0.2, 0) is 11.8 Å². The van der Waals surface area contributed by atoms with Crippen LogP contribution in [0, 0.1) is 5.92 Å². The van der Waals surface area contributed by atoms with Crippen molar-refractivity contribution in [1.82, 2.24) is 15.1 Å². The number of amides is 1. The number of carboxylic acids is 1. The molecule has 0 bridgehead atoms. The van der Waals surface area contributed by atoms with Crippen molar-refractivity contribution in [1.29, 1.82) is 0 Å². The molecule has 1 fully saturated rings. The summed E-state index contributed by atoms with van der Waals surface area (Å²) in [5.41, 5.74) is 1.45. The lowest BCUT2D eigenvalue weighted by molar-refractivity contribution is -0.142. The third kappa shape index (κ3) is 3.62. The maximum Gasteiger partial charge on any atom is 0.306 e. The normalized spacial score (nSPS) is 22.3. The maximum absolute atomic E-state index is 12.2. The van der Waals surface area contributed by atoms with Crippen LogP contribution in [-0.4, -0.2) is 32.8 Å². The minimum absolute atomic E-state index is 0.0533. The minimum atomic E-state index is -0.730. The lowest BCUT2D eigenvalue weighted by Crippen LogP contribution is -2.38. The molecular formula is C15H23N3O3. The molecule has 1 heterocycles. The molecule has 0 radical (unpaired) electrons. The number of carbonyl (C=O) groups is 2. The van der Waals surface area contributed by atoms with E-state index in [9.17, 15) is 9.59 Å². The first-order valence-electron chi connectivity index (χ1n) is 7.46. The van der Waals surface area contributed by atoms with E-state index in [1.807, 2.05) is 13.1 Å². The standard InChI is InChI=1S/C15H23N3O3/c1-9(2)13-8-12(17-18(13)3)14(19)16-11-6-4-10(5-7-11)15(20)21/h8-11H,4-7H2,1-3H3,(H,16,19)(H,20,21). The Labute approximate surface area is 124 Å². The van der Waals surface area contributed by atoms with Gasteiger partial charge in [-0.3, -0.25) is 14.3 Å². The van der Waals surface area contributed by atoms with Gasteiger partial charge in [0.05, 0.1) is 5.92 Å². The SMILES string of the molecule is CC(C)c1cc(C(=O)NC2CCC(C(=O)O)CC2)nn1C. The largest absolute Gasteiger partial charge is 0.481 e. The molecule has 6 heteroatoms. The molecule has 1 amide bonds. The van der Waals surface area contributed by atoms with Crippen LogP contribution in [0.3, 0.4) is 0 Å². The Balaban J connectivity index is 1.93. The number of nitrogens with one attached hydrogen (secondary N) is 1. The number of aliphatic carboxylic acids is 1. The molecule has 0 spiro atoms. The zero-order chi connectivity index (χ0) is 15.6. The van der Waals surface area contributed by atoms with Gasteiger partial charge in [-0.2, -0.15) is 5.10 Å². The molecule has 0 aromatic carbocycles. The summed E-state index contributed by atoms with van der Waals surface area (Å²) in [6, 6.07) is 1.88. The van der Waals surface area contributed by atoms with Gasteiger partial charge in [-0.05, 0) is 37.7 Å². The summed E-state index contributed by atoms with van der Waals surface area (Å²) in [6.07, 6.45) is 2.68. The molecule has 6 nitrogen and oxygen atoms in total. The molecule has 0 unspecified atom stereocenters. The lowest BCUT2D eigenvalue weighted by atomic mass is 9.86. The predicted octanol–water partition coefficient (Wildman–Crippen LogP) is 1.92. The molecule has 1 aliphatic rings. The highest BCUT2D eigenvalue weighted by Gasteiger charge is 2.27. The second-order valence-electron chi connectivity index (χ2n) is 6.09. The van der Waals surface area contributed by atoms with Gasteiger partial charge < -0.3 is 10.4 Å². The fraction of sp³-hybridized carbons (Fsp3) is 0.667. The summed E-state index contributed by atoms with van der Waals surface area (Å²) in [4.78, 5) is 23.1. The molecule has 2 rings (SSSR count). The molecule has 1 aromatic heterocycles.